The quantitative estimate of drug-likeness (QED) is 0.312. The number of hydrogen-bond acceptors (Lipinski definition) is 6. The molecule has 0 radical (unpaired) electrons. The van der Waals surface area contributed by atoms with E-state index in [4.69, 9.17) is 19.2 Å². The maximum Gasteiger partial charge on any atom is 0.349 e. The number of furan rings is 1. The van der Waals surface area contributed by atoms with Gasteiger partial charge in [0.2, 0.25) is 5.78 Å². The van der Waals surface area contributed by atoms with E-state index in [9.17, 15) is 9.59 Å². The smallest absolute Gasteiger partial charge is 0.349 e. The maximum absolute atomic E-state index is 12.4. The van der Waals surface area contributed by atoms with Crippen LogP contribution in [-0.2, 0) is 20.8 Å². The van der Waals surface area contributed by atoms with Crippen molar-refractivity contribution in [1.82, 2.24) is 4.57 Å². The molecule has 0 N–H and O–H groups in total. The molecule has 0 aliphatic carbocycles. The van der Waals surface area contributed by atoms with Gasteiger partial charge in [-0.05, 0) is 32.0 Å². The topological polar surface area (TPSA) is 94.5 Å². The third-order valence-electron chi connectivity index (χ3n) is 3.90. The van der Waals surface area contributed by atoms with E-state index in [0.717, 1.165) is 11.4 Å². The summed E-state index contributed by atoms with van der Waals surface area (Å²) >= 11 is 0. The minimum Gasteiger partial charge on any atom is -0.465 e. The monoisotopic (exact) mass is 356 g/mol. The van der Waals surface area contributed by atoms with Crippen LogP contribution in [0.3, 0.4) is 0 Å². The summed E-state index contributed by atoms with van der Waals surface area (Å²) in [6, 6.07) is 6.74. The highest BCUT2D eigenvalue weighted by molar-refractivity contribution is 6.02. The highest BCUT2D eigenvalue weighted by Gasteiger charge is 2.19. The van der Waals surface area contributed by atoms with Crippen LogP contribution in [0, 0.1) is 25.2 Å². The molecule has 2 heterocycles. The van der Waals surface area contributed by atoms with Crippen LogP contribution < -0.4 is 0 Å². The first kappa shape index (κ1) is 19.2. The fourth-order valence-corrected chi connectivity index (χ4v) is 2.55. The van der Waals surface area contributed by atoms with E-state index < -0.39 is 12.6 Å². The fraction of sp³-hybridized carbons (Fsp3) is 0.316. The van der Waals surface area contributed by atoms with Crippen molar-refractivity contribution in [3.8, 4) is 6.07 Å². The van der Waals surface area contributed by atoms with Crippen molar-refractivity contribution in [3.63, 3.8) is 0 Å². The standard InChI is InChI=1S/C19H20N2O5/c1-13-9-17(14(2)21(13)6-8-24-3)18(22)12-26-19(23)15(11-20)10-16-5-4-7-25-16/h4-5,7,9-10H,6,8,12H2,1-3H3/b15-10+. The van der Waals surface area contributed by atoms with Crippen LogP contribution in [0.25, 0.3) is 6.08 Å². The zero-order chi connectivity index (χ0) is 19.1. The Morgan fingerprint density at radius 1 is 1.38 bits per heavy atom. The maximum atomic E-state index is 12.4. The Balaban J connectivity index is 2.04. The van der Waals surface area contributed by atoms with Crippen LogP contribution in [0.2, 0.25) is 0 Å². The highest BCUT2D eigenvalue weighted by atomic mass is 16.5. The lowest BCUT2D eigenvalue weighted by atomic mass is 10.1. The van der Waals surface area contributed by atoms with E-state index >= 15 is 0 Å². The molecule has 0 aliphatic heterocycles. The van der Waals surface area contributed by atoms with Crippen molar-refractivity contribution in [2.45, 2.75) is 20.4 Å². The third kappa shape index (κ3) is 4.49. The number of aryl methyl sites for hydroxylation is 1. The van der Waals surface area contributed by atoms with Crippen molar-refractivity contribution in [1.29, 1.82) is 5.26 Å². The molecule has 0 aromatic carbocycles. The zero-order valence-corrected chi connectivity index (χ0v) is 14.9. The Hall–Kier alpha value is -3.11. The number of rotatable bonds is 8. The average molecular weight is 356 g/mol. The number of carbonyl (C=O) groups excluding carboxylic acids is 2. The van der Waals surface area contributed by atoms with Gasteiger partial charge in [-0.2, -0.15) is 5.26 Å². The lowest BCUT2D eigenvalue weighted by Gasteiger charge is -2.09. The second kappa shape index (κ2) is 8.83. The Morgan fingerprint density at radius 2 is 2.15 bits per heavy atom. The van der Waals surface area contributed by atoms with Crippen LogP contribution in [-0.4, -0.2) is 36.6 Å². The van der Waals surface area contributed by atoms with Crippen LogP contribution in [0.15, 0.2) is 34.5 Å². The molecule has 2 aromatic rings. The lowest BCUT2D eigenvalue weighted by molar-refractivity contribution is -0.137. The summed E-state index contributed by atoms with van der Waals surface area (Å²) in [6.45, 7) is 4.44. The molecular weight excluding hydrogens is 336 g/mol. The van der Waals surface area contributed by atoms with Gasteiger partial charge in [-0.1, -0.05) is 0 Å². The number of nitriles is 1. The first-order valence-corrected chi connectivity index (χ1v) is 7.99. The lowest BCUT2D eigenvalue weighted by Crippen LogP contribution is -2.16. The summed E-state index contributed by atoms with van der Waals surface area (Å²) in [7, 11) is 1.61. The second-order valence-electron chi connectivity index (χ2n) is 5.61. The number of carbonyl (C=O) groups is 2. The van der Waals surface area contributed by atoms with E-state index in [1.54, 1.807) is 31.4 Å². The van der Waals surface area contributed by atoms with Crippen LogP contribution in [0.5, 0.6) is 0 Å². The molecule has 0 amide bonds. The first-order chi connectivity index (χ1) is 12.5. The summed E-state index contributed by atoms with van der Waals surface area (Å²) in [4.78, 5) is 24.4. The minimum absolute atomic E-state index is 0.238. The summed E-state index contributed by atoms with van der Waals surface area (Å²) < 4.78 is 17.1. The van der Waals surface area contributed by atoms with Gasteiger partial charge in [0, 0.05) is 36.7 Å². The average Bonchev–Trinajstić information content (AvgIpc) is 3.24. The SMILES string of the molecule is COCCn1c(C)cc(C(=O)COC(=O)/C(C#N)=C/c2ccco2)c1C. The van der Waals surface area contributed by atoms with Crippen LogP contribution >= 0.6 is 0 Å². The van der Waals surface area contributed by atoms with Gasteiger partial charge in [-0.3, -0.25) is 4.79 Å². The summed E-state index contributed by atoms with van der Waals surface area (Å²) in [6.07, 6.45) is 2.69. The van der Waals surface area contributed by atoms with Gasteiger partial charge in [0.1, 0.15) is 17.4 Å². The summed E-state index contributed by atoms with van der Waals surface area (Å²) in [5, 5.41) is 9.08. The first-order valence-electron chi connectivity index (χ1n) is 7.99. The molecule has 0 bridgehead atoms. The van der Waals surface area contributed by atoms with E-state index in [2.05, 4.69) is 0 Å². The van der Waals surface area contributed by atoms with E-state index in [0.29, 0.717) is 24.5 Å². The minimum atomic E-state index is -0.870. The predicted molar refractivity (Wildman–Crippen MR) is 93.4 cm³/mol. The Labute approximate surface area is 151 Å². The largest absolute Gasteiger partial charge is 0.465 e. The van der Waals surface area contributed by atoms with E-state index in [-0.39, 0.29) is 11.4 Å². The van der Waals surface area contributed by atoms with Crippen LogP contribution in [0.1, 0.15) is 27.5 Å². The predicted octanol–water partition coefficient (Wildman–Crippen LogP) is 2.68. The van der Waals surface area contributed by atoms with Crippen molar-refractivity contribution in [2.24, 2.45) is 0 Å². The van der Waals surface area contributed by atoms with Crippen molar-refractivity contribution >= 4 is 17.8 Å². The van der Waals surface area contributed by atoms with Gasteiger partial charge in [0.25, 0.3) is 0 Å². The molecule has 0 aliphatic rings. The van der Waals surface area contributed by atoms with Crippen molar-refractivity contribution in [2.75, 3.05) is 20.3 Å². The third-order valence-corrected chi connectivity index (χ3v) is 3.90. The van der Waals surface area contributed by atoms with Crippen LogP contribution in [0.4, 0.5) is 0 Å². The number of methoxy groups -OCH3 is 1. The molecule has 0 fully saturated rings. The second-order valence-corrected chi connectivity index (χ2v) is 5.61. The molecule has 2 aromatic heterocycles. The Kier molecular flexibility index (Phi) is 6.53. The molecule has 0 saturated heterocycles. The van der Waals surface area contributed by atoms with Gasteiger partial charge in [-0.25, -0.2) is 4.79 Å². The summed E-state index contributed by atoms with van der Waals surface area (Å²) in [5.41, 5.74) is 1.95. The molecule has 26 heavy (non-hydrogen) atoms. The number of Topliss-reactive ketones (excluding diaryl/α,β-unsaturated/α-hetero) is 1. The zero-order valence-electron chi connectivity index (χ0n) is 14.9. The number of nitrogens with zero attached hydrogens (tertiary/aromatic N) is 2. The van der Waals surface area contributed by atoms with E-state index in [1.807, 2.05) is 18.4 Å². The van der Waals surface area contributed by atoms with Crippen molar-refractivity contribution in [3.05, 3.63) is 52.7 Å². The molecule has 0 unspecified atom stereocenters. The number of ether oxygens (including phenoxy) is 2. The van der Waals surface area contributed by atoms with Gasteiger partial charge in [0.15, 0.2) is 6.61 Å². The Morgan fingerprint density at radius 3 is 2.77 bits per heavy atom. The van der Waals surface area contributed by atoms with Gasteiger partial charge in [-0.15, -0.1) is 0 Å². The molecule has 7 nitrogen and oxygen atoms in total. The van der Waals surface area contributed by atoms with Crippen molar-refractivity contribution < 1.29 is 23.5 Å². The molecule has 0 spiro atoms. The Bertz CT molecular complexity index is 853. The molecule has 0 saturated carbocycles. The van der Waals surface area contributed by atoms with Gasteiger partial charge < -0.3 is 18.5 Å². The highest BCUT2D eigenvalue weighted by Crippen LogP contribution is 2.16. The molecule has 2 rings (SSSR count). The summed E-state index contributed by atoms with van der Waals surface area (Å²) in [5.74, 6) is -0.845. The van der Waals surface area contributed by atoms with Gasteiger partial charge in [0.05, 0.1) is 12.9 Å². The van der Waals surface area contributed by atoms with E-state index in [1.165, 1.54) is 12.3 Å². The molecule has 136 valence electrons. The van der Waals surface area contributed by atoms with Gasteiger partial charge >= 0.3 is 5.97 Å². The number of hydrogen-bond donors (Lipinski definition) is 0. The fourth-order valence-electron chi connectivity index (χ4n) is 2.55. The number of ketones is 1. The normalized spacial score (nSPS) is 11.2. The molecular formula is C19H20N2O5. The number of aromatic nitrogens is 1. The molecule has 0 atom stereocenters. The number of esters is 1. The molecule has 7 heteroatoms.